The first-order valence-corrected chi connectivity index (χ1v) is 4.87. The van der Waals surface area contributed by atoms with Gasteiger partial charge in [-0.15, -0.1) is 0 Å². The summed E-state index contributed by atoms with van der Waals surface area (Å²) in [5, 5.41) is 0. The molecule has 0 aliphatic rings. The summed E-state index contributed by atoms with van der Waals surface area (Å²) in [6.45, 7) is 2.70. The van der Waals surface area contributed by atoms with Crippen LogP contribution in [0.1, 0.15) is 12.7 Å². The molecular formula is C10H16N4O2. The number of nitrogens with one attached hydrogen (secondary N) is 1. The lowest BCUT2D eigenvalue weighted by atomic mass is 10.5. The Kier molecular flexibility index (Phi) is 5.24. The minimum atomic E-state index is 0.315. The fourth-order valence-electron chi connectivity index (χ4n) is 1.04. The van der Waals surface area contributed by atoms with E-state index in [-0.39, 0.29) is 0 Å². The Bertz CT molecular complexity index is 355. The summed E-state index contributed by atoms with van der Waals surface area (Å²) in [4.78, 5) is 8.25. The molecule has 6 nitrogen and oxygen atoms in total. The van der Waals surface area contributed by atoms with Crippen molar-refractivity contribution >= 4 is 5.82 Å². The van der Waals surface area contributed by atoms with E-state index in [2.05, 4.69) is 15.4 Å². The molecule has 1 aromatic heterocycles. The number of aromatic nitrogens is 2. The van der Waals surface area contributed by atoms with Crippen LogP contribution in [0, 0.1) is 0 Å². The van der Waals surface area contributed by atoms with Gasteiger partial charge in [0.15, 0.2) is 5.82 Å². The predicted octanol–water partition coefficient (Wildman–Crippen LogP) is 0.863. The summed E-state index contributed by atoms with van der Waals surface area (Å²) in [5.74, 6) is 6.77. The van der Waals surface area contributed by atoms with E-state index in [1.54, 1.807) is 13.2 Å². The first kappa shape index (κ1) is 12.4. The first-order chi connectivity index (χ1) is 7.80. The Morgan fingerprint density at radius 3 is 2.94 bits per heavy atom. The summed E-state index contributed by atoms with van der Waals surface area (Å²) in [5.41, 5.74) is 2.45. The zero-order chi connectivity index (χ0) is 11.8. The smallest absolute Gasteiger partial charge is 0.219 e. The fourth-order valence-corrected chi connectivity index (χ4v) is 1.04. The van der Waals surface area contributed by atoms with E-state index in [9.17, 15) is 0 Å². The topological polar surface area (TPSA) is 82.3 Å². The molecular weight excluding hydrogens is 208 g/mol. The summed E-state index contributed by atoms with van der Waals surface area (Å²) < 4.78 is 10.3. The molecule has 0 bridgehead atoms. The van der Waals surface area contributed by atoms with Crippen molar-refractivity contribution in [3.63, 3.8) is 0 Å². The lowest BCUT2D eigenvalue weighted by Crippen LogP contribution is -2.11. The molecule has 1 aromatic rings. The second-order valence-corrected chi connectivity index (χ2v) is 2.97. The van der Waals surface area contributed by atoms with Crippen molar-refractivity contribution in [2.45, 2.75) is 13.5 Å². The van der Waals surface area contributed by atoms with E-state index in [1.165, 1.54) is 0 Å². The summed E-state index contributed by atoms with van der Waals surface area (Å²) >= 11 is 0. The Morgan fingerprint density at radius 2 is 2.31 bits per heavy atom. The molecule has 0 amide bonds. The Labute approximate surface area is 94.5 Å². The van der Waals surface area contributed by atoms with E-state index in [0.717, 1.165) is 0 Å². The number of hydrazine groups is 1. The molecule has 0 aliphatic carbocycles. The molecule has 0 saturated carbocycles. The average molecular weight is 224 g/mol. The van der Waals surface area contributed by atoms with E-state index < -0.39 is 0 Å². The molecule has 0 atom stereocenters. The van der Waals surface area contributed by atoms with Crippen molar-refractivity contribution in [3.8, 4) is 5.88 Å². The number of nitrogens with zero attached hydrogens (tertiary/aromatic N) is 2. The van der Waals surface area contributed by atoms with Gasteiger partial charge in [0.05, 0.1) is 0 Å². The highest BCUT2D eigenvalue weighted by atomic mass is 16.5. The van der Waals surface area contributed by atoms with Crippen molar-refractivity contribution in [2.75, 3.05) is 19.1 Å². The van der Waals surface area contributed by atoms with Crippen LogP contribution >= 0.6 is 0 Å². The van der Waals surface area contributed by atoms with Gasteiger partial charge in [0, 0.05) is 13.2 Å². The number of nitrogen functional groups attached to an aromatic ring is 1. The molecule has 0 saturated heterocycles. The Morgan fingerprint density at radius 1 is 1.50 bits per heavy atom. The molecule has 0 unspecified atom stereocenters. The quantitative estimate of drug-likeness (QED) is 0.424. The third-order valence-corrected chi connectivity index (χ3v) is 1.73. The van der Waals surface area contributed by atoms with E-state index >= 15 is 0 Å². The van der Waals surface area contributed by atoms with Gasteiger partial charge in [0.25, 0.3) is 0 Å². The van der Waals surface area contributed by atoms with Crippen LogP contribution in [-0.4, -0.2) is 23.7 Å². The van der Waals surface area contributed by atoms with Crippen LogP contribution in [0.25, 0.3) is 0 Å². The van der Waals surface area contributed by atoms with Crippen molar-refractivity contribution in [1.29, 1.82) is 0 Å². The maximum absolute atomic E-state index is 5.39. The lowest BCUT2D eigenvalue weighted by molar-refractivity contribution is 0.176. The average Bonchev–Trinajstić information content (AvgIpc) is 2.29. The minimum absolute atomic E-state index is 0.315. The second kappa shape index (κ2) is 6.76. The second-order valence-electron chi connectivity index (χ2n) is 2.97. The number of ether oxygens (including phenoxy) is 2. The zero-order valence-electron chi connectivity index (χ0n) is 9.43. The van der Waals surface area contributed by atoms with Gasteiger partial charge in [-0.1, -0.05) is 12.2 Å². The van der Waals surface area contributed by atoms with Gasteiger partial charge in [-0.2, -0.15) is 4.98 Å². The molecule has 88 valence electrons. The van der Waals surface area contributed by atoms with Gasteiger partial charge < -0.3 is 14.9 Å². The number of hydrogen-bond donors (Lipinski definition) is 2. The van der Waals surface area contributed by atoms with Crippen molar-refractivity contribution in [3.05, 3.63) is 24.0 Å². The van der Waals surface area contributed by atoms with Gasteiger partial charge in [-0.3, -0.25) is 0 Å². The number of anilines is 1. The Hall–Kier alpha value is -1.66. The molecule has 0 aliphatic heterocycles. The summed E-state index contributed by atoms with van der Waals surface area (Å²) in [6, 6.07) is 1.63. The molecule has 16 heavy (non-hydrogen) atoms. The fraction of sp³-hybridized carbons (Fsp3) is 0.400. The first-order valence-electron chi connectivity index (χ1n) is 4.87. The van der Waals surface area contributed by atoms with Gasteiger partial charge >= 0.3 is 0 Å². The monoisotopic (exact) mass is 224 g/mol. The Balaban J connectivity index is 2.77. The van der Waals surface area contributed by atoms with Crippen LogP contribution in [-0.2, 0) is 11.3 Å². The normalized spacial score (nSPS) is 10.7. The largest absolute Gasteiger partial charge is 0.473 e. The molecule has 0 fully saturated rings. The number of rotatable bonds is 6. The third-order valence-electron chi connectivity index (χ3n) is 1.73. The molecule has 1 rings (SSSR count). The maximum Gasteiger partial charge on any atom is 0.219 e. The number of allylic oxidation sites excluding steroid dienone is 1. The minimum Gasteiger partial charge on any atom is -0.473 e. The SMILES string of the molecule is C/C=C/COc1cc(NN)nc(COC)n1. The van der Waals surface area contributed by atoms with Gasteiger partial charge in [0.1, 0.15) is 19.0 Å². The van der Waals surface area contributed by atoms with E-state index in [1.807, 2.05) is 19.1 Å². The third kappa shape index (κ3) is 3.84. The van der Waals surface area contributed by atoms with Crippen LogP contribution in [0.3, 0.4) is 0 Å². The highest BCUT2D eigenvalue weighted by Crippen LogP contribution is 2.13. The number of hydrogen-bond acceptors (Lipinski definition) is 6. The molecule has 1 heterocycles. The highest BCUT2D eigenvalue weighted by Gasteiger charge is 2.04. The van der Waals surface area contributed by atoms with Gasteiger partial charge in [0.2, 0.25) is 5.88 Å². The van der Waals surface area contributed by atoms with Crippen LogP contribution in [0.4, 0.5) is 5.82 Å². The molecule has 3 N–H and O–H groups in total. The van der Waals surface area contributed by atoms with Gasteiger partial charge in [-0.25, -0.2) is 10.8 Å². The standard InChI is InChI=1S/C10H16N4O2/c1-3-4-5-16-10-6-8(14-11)12-9(13-10)7-15-2/h3-4,6H,5,7,11H2,1-2H3,(H,12,13,14)/b4-3+. The van der Waals surface area contributed by atoms with Crippen LogP contribution in [0.5, 0.6) is 5.88 Å². The maximum atomic E-state index is 5.39. The van der Waals surface area contributed by atoms with Crippen molar-refractivity contribution in [2.24, 2.45) is 5.84 Å². The van der Waals surface area contributed by atoms with Gasteiger partial charge in [-0.05, 0) is 6.92 Å². The molecule has 0 radical (unpaired) electrons. The molecule has 6 heteroatoms. The van der Waals surface area contributed by atoms with Crippen molar-refractivity contribution in [1.82, 2.24) is 9.97 Å². The van der Waals surface area contributed by atoms with Crippen LogP contribution in [0.2, 0.25) is 0 Å². The van der Waals surface area contributed by atoms with Crippen LogP contribution < -0.4 is 16.0 Å². The predicted molar refractivity (Wildman–Crippen MR) is 60.9 cm³/mol. The lowest BCUT2D eigenvalue weighted by Gasteiger charge is -2.07. The molecule has 0 aromatic carbocycles. The molecule has 0 spiro atoms. The zero-order valence-corrected chi connectivity index (χ0v) is 9.43. The van der Waals surface area contributed by atoms with Crippen molar-refractivity contribution < 1.29 is 9.47 Å². The highest BCUT2D eigenvalue weighted by molar-refractivity contribution is 5.36. The van der Waals surface area contributed by atoms with E-state index in [4.69, 9.17) is 15.3 Å². The van der Waals surface area contributed by atoms with E-state index in [0.29, 0.717) is 30.7 Å². The summed E-state index contributed by atoms with van der Waals surface area (Å²) in [7, 11) is 1.58. The number of methoxy groups -OCH3 is 1. The summed E-state index contributed by atoms with van der Waals surface area (Å²) in [6.07, 6.45) is 3.78. The number of nitrogens with two attached hydrogens (primary N) is 1. The van der Waals surface area contributed by atoms with Crippen LogP contribution in [0.15, 0.2) is 18.2 Å².